The third-order valence-electron chi connectivity index (χ3n) is 6.94. The highest BCUT2D eigenvalue weighted by atomic mass is 19.4. The molecule has 1 aromatic carbocycles. The fourth-order valence-corrected chi connectivity index (χ4v) is 5.18. The minimum atomic E-state index is -4.46. The largest absolute Gasteiger partial charge is 0.408 e. The van der Waals surface area contributed by atoms with E-state index in [0.717, 1.165) is 16.5 Å². The second-order valence-electron chi connectivity index (χ2n) is 10.6. The fourth-order valence-electron chi connectivity index (χ4n) is 5.18. The Morgan fingerprint density at radius 1 is 1.08 bits per heavy atom. The number of benzene rings is 1. The van der Waals surface area contributed by atoms with E-state index >= 15 is 0 Å². The number of nitrogens with zero attached hydrogens (tertiary/aromatic N) is 5. The molecule has 2 N–H and O–H groups in total. The zero-order valence-electron chi connectivity index (χ0n) is 21.1. The lowest BCUT2D eigenvalue weighted by molar-refractivity contribution is -0.184. The second kappa shape index (κ2) is 9.66. The highest BCUT2D eigenvalue weighted by Gasteiger charge is 2.46. The first-order valence-corrected chi connectivity index (χ1v) is 12.5. The molecule has 3 aromatic heterocycles. The molecule has 37 heavy (non-hydrogen) atoms. The van der Waals surface area contributed by atoms with Crippen molar-refractivity contribution in [1.82, 2.24) is 29.8 Å². The molecule has 0 aliphatic carbocycles. The highest BCUT2D eigenvalue weighted by molar-refractivity contribution is 5.84. The van der Waals surface area contributed by atoms with Crippen molar-refractivity contribution in [1.29, 1.82) is 0 Å². The number of rotatable bonds is 6. The van der Waals surface area contributed by atoms with Crippen LogP contribution >= 0.6 is 0 Å². The van der Waals surface area contributed by atoms with Crippen LogP contribution in [0.15, 0.2) is 48.7 Å². The van der Waals surface area contributed by atoms with Crippen LogP contribution in [0.2, 0.25) is 0 Å². The molecule has 0 spiro atoms. The molecule has 1 aliphatic heterocycles. The standard InChI is InChI=1S/C27H31F3N6O/c1-26(2,3)20-6-4-5-17-7-9-21(32-23(17)20)25-34-33-22-10-8-18(15-36(22)25)24(27(28,29)30)35-13-11-19(16-35)31-12-14-37/h4-10,15,19,24,31,37H,11-14,16H2,1-3H3/t19?,24-/m1/s1. The third-order valence-corrected chi connectivity index (χ3v) is 6.94. The first-order valence-electron chi connectivity index (χ1n) is 12.5. The molecule has 4 aromatic rings. The average molecular weight is 513 g/mol. The van der Waals surface area contributed by atoms with Crippen LogP contribution in [0.3, 0.4) is 0 Å². The maximum Gasteiger partial charge on any atom is 0.408 e. The van der Waals surface area contributed by atoms with Crippen LogP contribution in [-0.4, -0.2) is 68.0 Å². The molecule has 1 fully saturated rings. The summed E-state index contributed by atoms with van der Waals surface area (Å²) in [6.07, 6.45) is -2.39. The second-order valence-corrected chi connectivity index (χ2v) is 10.6. The number of aromatic nitrogens is 4. The summed E-state index contributed by atoms with van der Waals surface area (Å²) < 4.78 is 44.7. The fraction of sp³-hybridized carbons (Fsp3) is 0.444. The van der Waals surface area contributed by atoms with Crippen LogP contribution < -0.4 is 5.32 Å². The molecule has 4 heterocycles. The summed E-state index contributed by atoms with van der Waals surface area (Å²) in [5, 5.41) is 21.6. The van der Waals surface area contributed by atoms with Gasteiger partial charge >= 0.3 is 6.18 Å². The van der Waals surface area contributed by atoms with Crippen LogP contribution in [-0.2, 0) is 5.41 Å². The number of aliphatic hydroxyl groups is 1. The lowest BCUT2D eigenvalue weighted by Gasteiger charge is -2.30. The molecule has 0 saturated carbocycles. The minimum Gasteiger partial charge on any atom is -0.395 e. The molecule has 0 radical (unpaired) electrons. The van der Waals surface area contributed by atoms with E-state index < -0.39 is 12.2 Å². The summed E-state index contributed by atoms with van der Waals surface area (Å²) in [5.74, 6) is 0.396. The van der Waals surface area contributed by atoms with Gasteiger partial charge in [-0.1, -0.05) is 51.1 Å². The predicted molar refractivity (Wildman–Crippen MR) is 136 cm³/mol. The summed E-state index contributed by atoms with van der Waals surface area (Å²) in [6, 6.07) is 11.0. The van der Waals surface area contributed by atoms with Crippen molar-refractivity contribution in [3.8, 4) is 11.5 Å². The zero-order valence-corrected chi connectivity index (χ0v) is 21.1. The predicted octanol–water partition coefficient (Wildman–Crippen LogP) is 4.50. The molecule has 1 unspecified atom stereocenters. The zero-order chi connectivity index (χ0) is 26.4. The van der Waals surface area contributed by atoms with Gasteiger partial charge in [0, 0.05) is 37.3 Å². The maximum absolute atomic E-state index is 14.4. The van der Waals surface area contributed by atoms with E-state index in [-0.39, 0.29) is 30.2 Å². The van der Waals surface area contributed by atoms with Crippen LogP contribution in [0, 0.1) is 0 Å². The van der Waals surface area contributed by atoms with Gasteiger partial charge in [0.05, 0.1) is 12.1 Å². The van der Waals surface area contributed by atoms with E-state index in [9.17, 15) is 13.2 Å². The highest BCUT2D eigenvalue weighted by Crippen LogP contribution is 2.40. The smallest absolute Gasteiger partial charge is 0.395 e. The number of hydrogen-bond acceptors (Lipinski definition) is 6. The van der Waals surface area contributed by atoms with E-state index in [4.69, 9.17) is 10.1 Å². The Balaban J connectivity index is 1.55. The van der Waals surface area contributed by atoms with Crippen LogP contribution in [0.5, 0.6) is 0 Å². The van der Waals surface area contributed by atoms with Gasteiger partial charge in [0.1, 0.15) is 11.7 Å². The lowest BCUT2D eigenvalue weighted by atomic mass is 9.85. The quantitative estimate of drug-likeness (QED) is 0.396. The van der Waals surface area contributed by atoms with Crippen molar-refractivity contribution in [3.63, 3.8) is 0 Å². The Morgan fingerprint density at radius 2 is 1.89 bits per heavy atom. The van der Waals surface area contributed by atoms with E-state index in [1.54, 1.807) is 10.5 Å². The average Bonchev–Trinajstić information content (AvgIpc) is 3.47. The Hall–Kier alpha value is -3.08. The van der Waals surface area contributed by atoms with Gasteiger partial charge in [-0.25, -0.2) is 4.98 Å². The Kier molecular flexibility index (Phi) is 6.68. The van der Waals surface area contributed by atoms with E-state index in [2.05, 4.69) is 36.3 Å². The number of likely N-dealkylation sites (tertiary alicyclic amines) is 1. The normalized spacial score (nSPS) is 18.2. The number of halogens is 3. The van der Waals surface area contributed by atoms with Gasteiger partial charge < -0.3 is 10.4 Å². The molecule has 1 saturated heterocycles. The van der Waals surface area contributed by atoms with E-state index in [1.165, 1.54) is 17.2 Å². The summed E-state index contributed by atoms with van der Waals surface area (Å²) in [4.78, 5) is 6.34. The molecule has 7 nitrogen and oxygen atoms in total. The summed E-state index contributed by atoms with van der Waals surface area (Å²) in [6.45, 7) is 7.23. The van der Waals surface area contributed by atoms with Gasteiger partial charge in [0.2, 0.25) is 0 Å². The summed E-state index contributed by atoms with van der Waals surface area (Å²) in [5.41, 5.74) is 2.91. The van der Waals surface area contributed by atoms with E-state index in [1.807, 2.05) is 30.3 Å². The Labute approximate surface area is 213 Å². The number of pyridine rings is 2. The molecule has 1 aliphatic rings. The lowest BCUT2D eigenvalue weighted by Crippen LogP contribution is -2.40. The number of para-hydroxylation sites is 1. The first kappa shape index (κ1) is 25.6. The van der Waals surface area contributed by atoms with Gasteiger partial charge in [-0.05, 0) is 35.1 Å². The maximum atomic E-state index is 14.4. The molecule has 2 atom stereocenters. The number of hydrogen-bond donors (Lipinski definition) is 2. The third kappa shape index (κ3) is 5.05. The van der Waals surface area contributed by atoms with E-state index in [0.29, 0.717) is 36.7 Å². The molecule has 10 heteroatoms. The van der Waals surface area contributed by atoms with Gasteiger partial charge in [0.15, 0.2) is 11.5 Å². The molecular formula is C27H31F3N6O. The van der Waals surface area contributed by atoms with Gasteiger partial charge in [-0.3, -0.25) is 9.30 Å². The topological polar surface area (TPSA) is 78.6 Å². The number of alkyl halides is 3. The van der Waals surface area contributed by atoms with Crippen LogP contribution in [0.1, 0.15) is 44.4 Å². The first-order chi connectivity index (χ1) is 17.6. The molecule has 0 bridgehead atoms. The van der Waals surface area contributed by atoms with Crippen LogP contribution in [0.25, 0.3) is 28.1 Å². The van der Waals surface area contributed by atoms with Gasteiger partial charge in [-0.2, -0.15) is 13.2 Å². The van der Waals surface area contributed by atoms with Gasteiger partial charge in [-0.15, -0.1) is 10.2 Å². The van der Waals surface area contributed by atoms with Crippen molar-refractivity contribution in [3.05, 3.63) is 59.8 Å². The van der Waals surface area contributed by atoms with Crippen molar-refractivity contribution >= 4 is 16.6 Å². The molecule has 5 rings (SSSR count). The number of aliphatic hydroxyl groups excluding tert-OH is 1. The molecular weight excluding hydrogens is 481 g/mol. The van der Waals surface area contributed by atoms with Crippen molar-refractivity contribution < 1.29 is 18.3 Å². The van der Waals surface area contributed by atoms with Crippen molar-refractivity contribution in [2.24, 2.45) is 0 Å². The Morgan fingerprint density at radius 3 is 2.62 bits per heavy atom. The Bertz CT molecular complexity index is 1410. The molecule has 196 valence electrons. The van der Waals surface area contributed by atoms with Crippen LogP contribution in [0.4, 0.5) is 13.2 Å². The monoisotopic (exact) mass is 512 g/mol. The summed E-state index contributed by atoms with van der Waals surface area (Å²) in [7, 11) is 0. The van der Waals surface area contributed by atoms with Crippen molar-refractivity contribution in [2.45, 2.75) is 50.9 Å². The minimum absolute atomic E-state index is 0.0493. The molecule has 0 amide bonds. The number of fused-ring (bicyclic) bond motifs is 2. The SMILES string of the molecule is CC(C)(C)c1cccc2ccc(-c3nnc4ccc([C@@H](N5CCC(NCCO)C5)C(F)(F)F)cn34)nc12. The summed E-state index contributed by atoms with van der Waals surface area (Å²) >= 11 is 0. The van der Waals surface area contributed by atoms with Crippen molar-refractivity contribution in [2.75, 3.05) is 26.2 Å². The number of nitrogens with one attached hydrogen (secondary N) is 1. The van der Waals surface area contributed by atoms with Gasteiger partial charge in [0.25, 0.3) is 0 Å².